The van der Waals surface area contributed by atoms with Crippen LogP contribution in [-0.2, 0) is 15.2 Å². The van der Waals surface area contributed by atoms with Crippen LogP contribution in [0.25, 0.3) is 0 Å². The third-order valence-electron chi connectivity index (χ3n) is 2.48. The predicted octanol–water partition coefficient (Wildman–Crippen LogP) is 1.90. The number of carbonyl (C=O) groups is 1. The topological polar surface area (TPSA) is 47.6 Å². The number of nitrogens with one attached hydrogen (secondary N) is 1. The molecule has 1 rings (SSSR count). The van der Waals surface area contributed by atoms with Gasteiger partial charge in [0.2, 0.25) is 0 Å². The highest BCUT2D eigenvalue weighted by Gasteiger charge is 2.09. The van der Waals surface area contributed by atoms with Gasteiger partial charge < -0.3 is 14.8 Å². The second-order valence-electron chi connectivity index (χ2n) is 3.74. The molecule has 1 amide bonds. The number of thioether (sulfide) groups is 1. The van der Waals surface area contributed by atoms with Crippen LogP contribution in [0.5, 0.6) is 0 Å². The predicted molar refractivity (Wildman–Crippen MR) is 73.8 cm³/mol. The summed E-state index contributed by atoms with van der Waals surface area (Å²) in [5.74, 6) is 0.835. The van der Waals surface area contributed by atoms with Crippen LogP contribution in [0.2, 0.25) is 0 Å². The van der Waals surface area contributed by atoms with E-state index in [4.69, 9.17) is 9.47 Å². The fourth-order valence-corrected chi connectivity index (χ4v) is 1.99. The maximum Gasteiger partial charge on any atom is 0.251 e. The van der Waals surface area contributed by atoms with E-state index in [0.717, 1.165) is 5.75 Å². The van der Waals surface area contributed by atoms with Crippen LogP contribution in [0.3, 0.4) is 0 Å². The average Bonchev–Trinajstić information content (AvgIpc) is 2.41. The molecule has 5 heteroatoms. The van der Waals surface area contributed by atoms with Gasteiger partial charge in [0.15, 0.2) is 6.29 Å². The third-order valence-corrected chi connectivity index (χ3v) is 3.10. The zero-order valence-corrected chi connectivity index (χ0v) is 11.8. The fraction of sp³-hybridized carbons (Fsp3) is 0.462. The maximum atomic E-state index is 11.8. The van der Waals surface area contributed by atoms with Gasteiger partial charge in [-0.3, -0.25) is 4.79 Å². The van der Waals surface area contributed by atoms with Crippen molar-refractivity contribution in [2.45, 2.75) is 12.0 Å². The summed E-state index contributed by atoms with van der Waals surface area (Å²) < 4.78 is 9.99. The standard InChI is InChI=1S/C13H19NO3S/c1-16-12(17-2)8-14-13(15)11-6-4-10(5-7-11)9-18-3/h4-7,12H,8-9H2,1-3H3,(H,14,15). The van der Waals surface area contributed by atoms with Gasteiger partial charge in [0.05, 0.1) is 6.54 Å². The monoisotopic (exact) mass is 269 g/mol. The summed E-state index contributed by atoms with van der Waals surface area (Å²) >= 11 is 1.76. The van der Waals surface area contributed by atoms with Gasteiger partial charge in [-0.15, -0.1) is 0 Å². The van der Waals surface area contributed by atoms with Crippen molar-refractivity contribution in [2.75, 3.05) is 27.0 Å². The first-order valence-corrected chi connectivity index (χ1v) is 7.02. The number of methoxy groups -OCH3 is 2. The molecule has 0 radical (unpaired) electrons. The van der Waals surface area contributed by atoms with Crippen molar-refractivity contribution in [2.24, 2.45) is 0 Å². The molecule has 4 nitrogen and oxygen atoms in total. The Morgan fingerprint density at radius 1 is 1.28 bits per heavy atom. The second-order valence-corrected chi connectivity index (χ2v) is 4.61. The van der Waals surface area contributed by atoms with Crippen LogP contribution in [0.15, 0.2) is 24.3 Å². The van der Waals surface area contributed by atoms with Crippen molar-refractivity contribution in [1.29, 1.82) is 0 Å². The summed E-state index contributed by atoms with van der Waals surface area (Å²) in [6, 6.07) is 7.59. The average molecular weight is 269 g/mol. The molecular formula is C13H19NO3S. The quantitative estimate of drug-likeness (QED) is 0.768. The molecule has 1 aromatic carbocycles. The highest BCUT2D eigenvalue weighted by atomic mass is 32.2. The molecule has 0 unspecified atom stereocenters. The minimum Gasteiger partial charge on any atom is -0.354 e. The molecule has 0 fully saturated rings. The third kappa shape index (κ3) is 4.68. The number of benzene rings is 1. The van der Waals surface area contributed by atoms with E-state index in [1.165, 1.54) is 19.8 Å². The molecule has 1 aromatic rings. The van der Waals surface area contributed by atoms with E-state index in [-0.39, 0.29) is 5.91 Å². The molecule has 0 atom stereocenters. The van der Waals surface area contributed by atoms with E-state index in [1.54, 1.807) is 11.8 Å². The first kappa shape index (κ1) is 15.0. The number of carbonyl (C=O) groups excluding carboxylic acids is 1. The highest BCUT2D eigenvalue weighted by Crippen LogP contribution is 2.10. The van der Waals surface area contributed by atoms with E-state index in [0.29, 0.717) is 12.1 Å². The Kier molecular flexibility index (Phi) is 6.78. The van der Waals surface area contributed by atoms with Gasteiger partial charge in [-0.25, -0.2) is 0 Å². The number of hydrogen-bond acceptors (Lipinski definition) is 4. The van der Waals surface area contributed by atoms with E-state index in [9.17, 15) is 4.79 Å². The zero-order chi connectivity index (χ0) is 13.4. The molecule has 0 aliphatic carbocycles. The van der Waals surface area contributed by atoms with Crippen LogP contribution in [-0.4, -0.2) is 39.2 Å². The Hall–Kier alpha value is -1.04. The lowest BCUT2D eigenvalue weighted by molar-refractivity contribution is -0.0974. The van der Waals surface area contributed by atoms with Gasteiger partial charge in [0, 0.05) is 25.5 Å². The Morgan fingerprint density at radius 3 is 2.39 bits per heavy atom. The normalized spacial score (nSPS) is 10.7. The molecule has 0 heterocycles. The lowest BCUT2D eigenvalue weighted by atomic mass is 10.1. The highest BCUT2D eigenvalue weighted by molar-refractivity contribution is 7.97. The Bertz CT molecular complexity index is 363. The van der Waals surface area contributed by atoms with Crippen molar-refractivity contribution in [3.63, 3.8) is 0 Å². The van der Waals surface area contributed by atoms with Crippen molar-refractivity contribution in [1.82, 2.24) is 5.32 Å². The van der Waals surface area contributed by atoms with E-state index in [2.05, 4.69) is 11.6 Å². The first-order chi connectivity index (χ1) is 8.71. The zero-order valence-electron chi connectivity index (χ0n) is 10.9. The molecule has 0 bridgehead atoms. The fourth-order valence-electron chi connectivity index (χ4n) is 1.46. The number of hydrogen-bond donors (Lipinski definition) is 1. The minimum absolute atomic E-state index is 0.121. The van der Waals surface area contributed by atoms with Crippen LogP contribution >= 0.6 is 11.8 Å². The lowest BCUT2D eigenvalue weighted by Crippen LogP contribution is -2.34. The SMILES string of the molecule is COC(CNC(=O)c1ccc(CSC)cc1)OC. The van der Waals surface area contributed by atoms with E-state index < -0.39 is 6.29 Å². The Morgan fingerprint density at radius 2 is 1.89 bits per heavy atom. The molecule has 0 aliphatic rings. The lowest BCUT2D eigenvalue weighted by Gasteiger charge is -2.14. The summed E-state index contributed by atoms with van der Waals surface area (Å²) in [6.07, 6.45) is 1.64. The summed E-state index contributed by atoms with van der Waals surface area (Å²) in [5.41, 5.74) is 1.86. The van der Waals surface area contributed by atoms with E-state index in [1.807, 2.05) is 24.3 Å². The van der Waals surface area contributed by atoms with Gasteiger partial charge in [-0.2, -0.15) is 11.8 Å². The second kappa shape index (κ2) is 8.13. The van der Waals surface area contributed by atoms with Crippen LogP contribution in [0.1, 0.15) is 15.9 Å². The first-order valence-electron chi connectivity index (χ1n) is 5.63. The molecular weight excluding hydrogens is 250 g/mol. The van der Waals surface area contributed by atoms with Crippen molar-refractivity contribution in [3.05, 3.63) is 35.4 Å². The smallest absolute Gasteiger partial charge is 0.251 e. The minimum atomic E-state index is -0.412. The van der Waals surface area contributed by atoms with Crippen molar-refractivity contribution in [3.8, 4) is 0 Å². The number of rotatable bonds is 7. The number of amides is 1. The van der Waals surface area contributed by atoms with Gasteiger partial charge >= 0.3 is 0 Å². The molecule has 100 valence electrons. The van der Waals surface area contributed by atoms with Crippen molar-refractivity contribution >= 4 is 17.7 Å². The van der Waals surface area contributed by atoms with Gasteiger partial charge in [0.1, 0.15) is 0 Å². The summed E-state index contributed by atoms with van der Waals surface area (Å²) in [6.45, 7) is 0.332. The summed E-state index contributed by atoms with van der Waals surface area (Å²) in [5, 5.41) is 2.76. The van der Waals surface area contributed by atoms with Gasteiger partial charge in [0.25, 0.3) is 5.91 Å². The van der Waals surface area contributed by atoms with Crippen LogP contribution < -0.4 is 5.32 Å². The number of ether oxygens (including phenoxy) is 2. The molecule has 0 spiro atoms. The van der Waals surface area contributed by atoms with Crippen molar-refractivity contribution < 1.29 is 14.3 Å². The summed E-state index contributed by atoms with van der Waals surface area (Å²) in [7, 11) is 3.08. The molecule has 0 saturated heterocycles. The van der Waals surface area contributed by atoms with Crippen LogP contribution in [0, 0.1) is 0 Å². The maximum absolute atomic E-state index is 11.8. The largest absolute Gasteiger partial charge is 0.354 e. The van der Waals surface area contributed by atoms with E-state index >= 15 is 0 Å². The Balaban J connectivity index is 2.51. The Labute approximate surface area is 112 Å². The summed E-state index contributed by atoms with van der Waals surface area (Å²) in [4.78, 5) is 11.8. The molecule has 0 saturated carbocycles. The molecule has 0 aromatic heterocycles. The van der Waals surface area contributed by atoms with Crippen LogP contribution in [0.4, 0.5) is 0 Å². The molecule has 0 aliphatic heterocycles. The molecule has 18 heavy (non-hydrogen) atoms. The van der Waals surface area contributed by atoms with Gasteiger partial charge in [-0.05, 0) is 24.0 Å². The molecule has 1 N–H and O–H groups in total. The van der Waals surface area contributed by atoms with Gasteiger partial charge in [-0.1, -0.05) is 12.1 Å².